The van der Waals surface area contributed by atoms with Gasteiger partial charge in [0.25, 0.3) is 0 Å². The van der Waals surface area contributed by atoms with E-state index in [0.29, 0.717) is 18.0 Å². The molecule has 2 heterocycles. The molecule has 1 aliphatic heterocycles. The second kappa shape index (κ2) is 5.12. The number of aromatic nitrogens is 2. The SMILES string of the molecule is CCC(=O)C1(Sc2nc3ccccc3[nH]2)CC(C)(C)OC1=O. The van der Waals surface area contributed by atoms with Gasteiger partial charge in [-0.15, -0.1) is 0 Å². The molecule has 1 saturated heterocycles. The van der Waals surface area contributed by atoms with Gasteiger partial charge in [-0.05, 0) is 26.0 Å². The summed E-state index contributed by atoms with van der Waals surface area (Å²) in [7, 11) is 0. The molecule has 0 radical (unpaired) electrons. The lowest BCUT2D eigenvalue weighted by molar-refractivity contribution is -0.148. The molecule has 0 aliphatic carbocycles. The molecule has 0 saturated carbocycles. The number of esters is 1. The fraction of sp³-hybridized carbons (Fsp3) is 0.438. The molecule has 1 aliphatic rings. The number of Topliss-reactive ketones (excluding diaryl/α,β-unsaturated/α-hetero) is 1. The van der Waals surface area contributed by atoms with Crippen LogP contribution < -0.4 is 0 Å². The normalized spacial score (nSPS) is 23.7. The summed E-state index contributed by atoms with van der Waals surface area (Å²) >= 11 is 1.18. The number of ether oxygens (including phenoxy) is 1. The number of imidazole rings is 1. The van der Waals surface area contributed by atoms with Gasteiger partial charge in [-0.2, -0.15) is 0 Å². The van der Waals surface area contributed by atoms with E-state index in [-0.39, 0.29) is 5.78 Å². The second-order valence-corrected chi connectivity index (χ2v) is 7.38. The molecular formula is C16H18N2O3S. The van der Waals surface area contributed by atoms with Crippen LogP contribution in [0.15, 0.2) is 29.4 Å². The number of cyclic esters (lactones) is 1. The summed E-state index contributed by atoms with van der Waals surface area (Å²) in [6.45, 7) is 5.42. The van der Waals surface area contributed by atoms with Crippen LogP contribution in [0.1, 0.15) is 33.6 Å². The number of fused-ring (bicyclic) bond motifs is 1. The Bertz CT molecular complexity index is 720. The van der Waals surface area contributed by atoms with Crippen LogP contribution in [0.4, 0.5) is 0 Å². The monoisotopic (exact) mass is 318 g/mol. The fourth-order valence-electron chi connectivity index (χ4n) is 2.82. The summed E-state index contributed by atoms with van der Waals surface area (Å²) in [5.74, 6) is -0.580. The minimum absolute atomic E-state index is 0.117. The highest BCUT2D eigenvalue weighted by Gasteiger charge is 2.58. The predicted molar refractivity (Wildman–Crippen MR) is 84.8 cm³/mol. The van der Waals surface area contributed by atoms with E-state index in [1.165, 1.54) is 11.8 Å². The van der Waals surface area contributed by atoms with Gasteiger partial charge in [0.15, 0.2) is 15.7 Å². The van der Waals surface area contributed by atoms with Crippen LogP contribution in [0, 0.1) is 0 Å². The zero-order valence-corrected chi connectivity index (χ0v) is 13.6. The van der Waals surface area contributed by atoms with Crippen molar-refractivity contribution in [1.29, 1.82) is 0 Å². The summed E-state index contributed by atoms with van der Waals surface area (Å²) < 4.78 is 4.21. The van der Waals surface area contributed by atoms with Crippen LogP contribution in [-0.2, 0) is 14.3 Å². The van der Waals surface area contributed by atoms with Crippen molar-refractivity contribution in [3.8, 4) is 0 Å². The number of rotatable bonds is 4. The van der Waals surface area contributed by atoms with Gasteiger partial charge in [-0.1, -0.05) is 30.8 Å². The minimum Gasteiger partial charge on any atom is -0.458 e. The third kappa shape index (κ3) is 2.41. The first-order valence-corrected chi connectivity index (χ1v) is 8.08. The highest BCUT2D eigenvalue weighted by atomic mass is 32.2. The maximum Gasteiger partial charge on any atom is 0.331 e. The molecule has 2 aromatic rings. The smallest absolute Gasteiger partial charge is 0.331 e. The molecule has 116 valence electrons. The molecule has 1 unspecified atom stereocenters. The Morgan fingerprint density at radius 3 is 2.73 bits per heavy atom. The van der Waals surface area contributed by atoms with Gasteiger partial charge in [-0.3, -0.25) is 9.59 Å². The number of nitrogens with zero attached hydrogens (tertiary/aromatic N) is 1. The Balaban J connectivity index is 2.01. The van der Waals surface area contributed by atoms with Crippen molar-refractivity contribution in [1.82, 2.24) is 9.97 Å². The number of carbonyl (C=O) groups excluding carboxylic acids is 2. The van der Waals surface area contributed by atoms with Crippen molar-refractivity contribution in [3.63, 3.8) is 0 Å². The van der Waals surface area contributed by atoms with E-state index >= 15 is 0 Å². The van der Waals surface area contributed by atoms with E-state index in [9.17, 15) is 9.59 Å². The minimum atomic E-state index is -1.20. The largest absolute Gasteiger partial charge is 0.458 e. The van der Waals surface area contributed by atoms with E-state index < -0.39 is 16.3 Å². The Morgan fingerprint density at radius 2 is 2.14 bits per heavy atom. The summed E-state index contributed by atoms with van der Waals surface area (Å²) in [6, 6.07) is 7.62. The second-order valence-electron chi connectivity index (χ2n) is 6.09. The van der Waals surface area contributed by atoms with E-state index in [1.807, 2.05) is 38.1 Å². The molecule has 0 spiro atoms. The van der Waals surface area contributed by atoms with Crippen molar-refractivity contribution in [2.75, 3.05) is 0 Å². The van der Waals surface area contributed by atoms with Gasteiger partial charge in [-0.25, -0.2) is 4.98 Å². The summed E-state index contributed by atoms with van der Waals surface area (Å²) in [6.07, 6.45) is 0.644. The van der Waals surface area contributed by atoms with Gasteiger partial charge in [0.2, 0.25) is 0 Å². The van der Waals surface area contributed by atoms with E-state index in [4.69, 9.17) is 4.74 Å². The van der Waals surface area contributed by atoms with Crippen molar-refractivity contribution < 1.29 is 14.3 Å². The highest BCUT2D eigenvalue weighted by Crippen LogP contribution is 2.47. The van der Waals surface area contributed by atoms with Crippen LogP contribution in [0.3, 0.4) is 0 Å². The zero-order valence-electron chi connectivity index (χ0n) is 12.8. The van der Waals surface area contributed by atoms with Gasteiger partial charge in [0.05, 0.1) is 11.0 Å². The van der Waals surface area contributed by atoms with Crippen LogP contribution in [0.5, 0.6) is 0 Å². The van der Waals surface area contributed by atoms with Gasteiger partial charge in [0, 0.05) is 12.8 Å². The molecule has 1 aromatic heterocycles. The van der Waals surface area contributed by atoms with E-state index in [1.54, 1.807) is 6.92 Å². The van der Waals surface area contributed by atoms with Gasteiger partial charge < -0.3 is 9.72 Å². The molecular weight excluding hydrogens is 300 g/mol. The van der Waals surface area contributed by atoms with E-state index in [2.05, 4.69) is 9.97 Å². The Morgan fingerprint density at radius 1 is 1.41 bits per heavy atom. The molecule has 1 N–H and O–H groups in total. The highest BCUT2D eigenvalue weighted by molar-refractivity contribution is 8.02. The first kappa shape index (κ1) is 15.1. The lowest BCUT2D eigenvalue weighted by atomic mass is 9.92. The third-order valence-electron chi connectivity index (χ3n) is 3.78. The maximum atomic E-state index is 12.5. The Hall–Kier alpha value is -1.82. The predicted octanol–water partition coefficient (Wildman–Crippen LogP) is 3.10. The number of thioether (sulfide) groups is 1. The number of para-hydroxylation sites is 2. The quantitative estimate of drug-likeness (QED) is 0.693. The zero-order chi connectivity index (χ0) is 16.0. The van der Waals surface area contributed by atoms with Gasteiger partial charge >= 0.3 is 5.97 Å². The van der Waals surface area contributed by atoms with Crippen molar-refractivity contribution in [2.24, 2.45) is 0 Å². The first-order chi connectivity index (χ1) is 10.4. The number of hydrogen-bond acceptors (Lipinski definition) is 5. The Kier molecular flexibility index (Phi) is 3.51. The molecule has 1 atom stereocenters. The van der Waals surface area contributed by atoms with Crippen molar-refractivity contribution in [3.05, 3.63) is 24.3 Å². The molecule has 1 aromatic carbocycles. The van der Waals surface area contributed by atoms with Crippen molar-refractivity contribution >= 4 is 34.5 Å². The van der Waals surface area contributed by atoms with Gasteiger partial charge in [0.1, 0.15) is 5.60 Å². The topological polar surface area (TPSA) is 72.1 Å². The van der Waals surface area contributed by atoms with Crippen LogP contribution >= 0.6 is 11.8 Å². The molecule has 1 fully saturated rings. The number of H-pyrrole nitrogens is 1. The molecule has 6 heteroatoms. The average Bonchev–Trinajstić information content (AvgIpc) is 2.96. The third-order valence-corrected chi connectivity index (χ3v) is 5.06. The number of benzene rings is 1. The van der Waals surface area contributed by atoms with Crippen LogP contribution in [-0.4, -0.2) is 32.1 Å². The van der Waals surface area contributed by atoms with Crippen LogP contribution in [0.25, 0.3) is 11.0 Å². The summed E-state index contributed by atoms with van der Waals surface area (Å²) in [5, 5.41) is 0.567. The number of aromatic amines is 1. The van der Waals surface area contributed by atoms with Crippen LogP contribution in [0.2, 0.25) is 0 Å². The molecule has 0 bridgehead atoms. The molecule has 5 nitrogen and oxygen atoms in total. The lowest BCUT2D eigenvalue weighted by Crippen LogP contribution is -2.40. The molecule has 22 heavy (non-hydrogen) atoms. The number of nitrogens with one attached hydrogen (secondary N) is 1. The molecule has 0 amide bonds. The Labute approximate surface area is 132 Å². The van der Waals surface area contributed by atoms with E-state index in [0.717, 1.165) is 11.0 Å². The number of ketones is 1. The average molecular weight is 318 g/mol. The number of carbonyl (C=O) groups is 2. The number of hydrogen-bond donors (Lipinski definition) is 1. The first-order valence-electron chi connectivity index (χ1n) is 7.27. The standard InChI is InChI=1S/C16H18N2O3S/c1-4-12(19)16(9-15(2,3)21-13(16)20)22-14-17-10-7-5-6-8-11(10)18-14/h5-8H,4,9H2,1-3H3,(H,17,18). The lowest BCUT2D eigenvalue weighted by Gasteiger charge is -2.21. The van der Waals surface area contributed by atoms with Crippen molar-refractivity contribution in [2.45, 2.75) is 49.1 Å². The molecule has 3 rings (SSSR count). The summed E-state index contributed by atoms with van der Waals surface area (Å²) in [4.78, 5) is 32.6. The maximum absolute atomic E-state index is 12.5. The fourth-order valence-corrected chi connectivity index (χ4v) is 4.25. The summed E-state index contributed by atoms with van der Waals surface area (Å²) in [5.41, 5.74) is 1.06.